The summed E-state index contributed by atoms with van der Waals surface area (Å²) in [4.78, 5) is 5.76. The van der Waals surface area contributed by atoms with Gasteiger partial charge in [-0.05, 0) is 35.0 Å². The highest BCUT2D eigenvalue weighted by Crippen LogP contribution is 2.28. The van der Waals surface area contributed by atoms with E-state index in [9.17, 15) is 0 Å². The summed E-state index contributed by atoms with van der Waals surface area (Å²) in [7, 11) is 2.05. The van der Waals surface area contributed by atoms with Gasteiger partial charge in [0, 0.05) is 46.6 Å². The van der Waals surface area contributed by atoms with Crippen molar-refractivity contribution in [3.05, 3.63) is 39.0 Å². The molecule has 0 amide bonds. The minimum absolute atomic E-state index is 0.419. The molecule has 0 aliphatic carbocycles. The van der Waals surface area contributed by atoms with Gasteiger partial charge >= 0.3 is 0 Å². The Morgan fingerprint density at radius 1 is 1.56 bits per heavy atom. The third-order valence-electron chi connectivity index (χ3n) is 2.96. The van der Waals surface area contributed by atoms with Crippen LogP contribution in [-0.4, -0.2) is 16.1 Å². The molecule has 1 N–H and O–H groups in total. The number of hydrogen-bond acceptors (Lipinski definition) is 3. The maximum Gasteiger partial charge on any atom is 0.108 e. The van der Waals surface area contributed by atoms with E-state index < -0.39 is 0 Å². The quantitative estimate of drug-likeness (QED) is 0.879. The van der Waals surface area contributed by atoms with Gasteiger partial charge in [0.2, 0.25) is 0 Å². The van der Waals surface area contributed by atoms with Crippen LogP contribution in [0.15, 0.2) is 28.3 Å². The lowest BCUT2D eigenvalue weighted by Crippen LogP contribution is -2.21. The second-order valence-corrected chi connectivity index (χ2v) is 6.13. The second-order valence-electron chi connectivity index (χ2n) is 4.27. The zero-order valence-corrected chi connectivity index (χ0v) is 13.1. The minimum Gasteiger partial charge on any atom is -0.338 e. The van der Waals surface area contributed by atoms with Crippen molar-refractivity contribution in [2.75, 3.05) is 6.54 Å². The van der Waals surface area contributed by atoms with E-state index in [1.54, 1.807) is 11.3 Å². The second kappa shape index (κ2) is 6.50. The molecule has 0 bridgehead atoms. The molecular weight excluding hydrogens is 310 g/mol. The predicted octanol–water partition coefficient (Wildman–Crippen LogP) is 3.53. The van der Waals surface area contributed by atoms with E-state index in [0.717, 1.165) is 25.2 Å². The van der Waals surface area contributed by atoms with Crippen molar-refractivity contribution in [1.82, 2.24) is 14.9 Å². The highest BCUT2D eigenvalue weighted by molar-refractivity contribution is 9.10. The van der Waals surface area contributed by atoms with Crippen molar-refractivity contribution >= 4 is 27.3 Å². The molecule has 1 atom stereocenters. The standard InChI is InChI=1S/C13H18BrN3S/c1-3-15-11(12-8-10(14)9-18-12)4-5-13-16-6-7-17(13)2/h6-9,11,15H,3-5H2,1-2H3. The van der Waals surface area contributed by atoms with Crippen LogP contribution in [0.25, 0.3) is 0 Å². The number of imidazole rings is 1. The van der Waals surface area contributed by atoms with Crippen molar-refractivity contribution in [3.63, 3.8) is 0 Å². The van der Waals surface area contributed by atoms with Gasteiger partial charge in [-0.3, -0.25) is 0 Å². The number of rotatable bonds is 6. The lowest BCUT2D eigenvalue weighted by Gasteiger charge is -2.16. The smallest absolute Gasteiger partial charge is 0.108 e. The van der Waals surface area contributed by atoms with E-state index in [2.05, 4.69) is 49.2 Å². The summed E-state index contributed by atoms with van der Waals surface area (Å²) < 4.78 is 3.26. The fraction of sp³-hybridized carbons (Fsp3) is 0.462. The van der Waals surface area contributed by atoms with Crippen LogP contribution in [-0.2, 0) is 13.5 Å². The summed E-state index contributed by atoms with van der Waals surface area (Å²) in [6.07, 6.45) is 5.93. The average molecular weight is 328 g/mol. The van der Waals surface area contributed by atoms with Crippen LogP contribution in [0, 0.1) is 0 Å². The van der Waals surface area contributed by atoms with E-state index in [1.807, 2.05) is 19.4 Å². The van der Waals surface area contributed by atoms with Crippen LogP contribution in [0.5, 0.6) is 0 Å². The zero-order chi connectivity index (χ0) is 13.0. The molecule has 2 rings (SSSR count). The highest BCUT2D eigenvalue weighted by Gasteiger charge is 2.13. The van der Waals surface area contributed by atoms with Crippen molar-refractivity contribution in [2.24, 2.45) is 7.05 Å². The van der Waals surface area contributed by atoms with Crippen LogP contribution >= 0.6 is 27.3 Å². The third-order valence-corrected chi connectivity index (χ3v) is 4.77. The highest BCUT2D eigenvalue weighted by atomic mass is 79.9. The topological polar surface area (TPSA) is 29.9 Å². The maximum atomic E-state index is 4.38. The summed E-state index contributed by atoms with van der Waals surface area (Å²) in [6.45, 7) is 3.14. The molecule has 2 heterocycles. The van der Waals surface area contributed by atoms with Crippen LogP contribution in [0.3, 0.4) is 0 Å². The Hall–Kier alpha value is -0.650. The number of halogens is 1. The molecule has 1 unspecified atom stereocenters. The number of nitrogens with zero attached hydrogens (tertiary/aromatic N) is 2. The van der Waals surface area contributed by atoms with Gasteiger partial charge in [0.05, 0.1) is 0 Å². The average Bonchev–Trinajstić information content (AvgIpc) is 2.94. The Morgan fingerprint density at radius 2 is 2.39 bits per heavy atom. The Labute approximate surface area is 120 Å². The molecular formula is C13H18BrN3S. The largest absolute Gasteiger partial charge is 0.338 e. The monoisotopic (exact) mass is 327 g/mol. The minimum atomic E-state index is 0.419. The first-order chi connectivity index (χ1) is 8.70. The summed E-state index contributed by atoms with van der Waals surface area (Å²) >= 11 is 5.32. The fourth-order valence-corrected chi connectivity index (χ4v) is 3.57. The Bertz CT molecular complexity index is 492. The van der Waals surface area contributed by atoms with Gasteiger partial charge in [0.1, 0.15) is 5.82 Å². The molecule has 2 aromatic heterocycles. The molecule has 5 heteroatoms. The first-order valence-electron chi connectivity index (χ1n) is 6.14. The van der Waals surface area contributed by atoms with Gasteiger partial charge in [0.15, 0.2) is 0 Å². The molecule has 0 aromatic carbocycles. The number of aryl methyl sites for hydroxylation is 2. The summed E-state index contributed by atoms with van der Waals surface area (Å²) in [6, 6.07) is 2.62. The molecule has 0 radical (unpaired) electrons. The zero-order valence-electron chi connectivity index (χ0n) is 10.7. The number of thiophene rings is 1. The van der Waals surface area contributed by atoms with Crippen LogP contribution < -0.4 is 5.32 Å². The van der Waals surface area contributed by atoms with Crippen molar-refractivity contribution < 1.29 is 0 Å². The Morgan fingerprint density at radius 3 is 2.94 bits per heavy atom. The van der Waals surface area contributed by atoms with E-state index in [4.69, 9.17) is 0 Å². The third kappa shape index (κ3) is 3.43. The van der Waals surface area contributed by atoms with Gasteiger partial charge in [-0.25, -0.2) is 4.98 Å². The normalized spacial score (nSPS) is 12.8. The molecule has 3 nitrogen and oxygen atoms in total. The SMILES string of the molecule is CCNC(CCc1nccn1C)c1cc(Br)cs1. The number of aromatic nitrogens is 2. The van der Waals surface area contributed by atoms with Gasteiger partial charge < -0.3 is 9.88 Å². The molecule has 18 heavy (non-hydrogen) atoms. The lowest BCUT2D eigenvalue weighted by atomic mass is 10.1. The Kier molecular flexibility index (Phi) is 4.97. The van der Waals surface area contributed by atoms with Gasteiger partial charge in [-0.1, -0.05) is 6.92 Å². The van der Waals surface area contributed by atoms with E-state index in [-0.39, 0.29) is 0 Å². The number of nitrogens with one attached hydrogen (secondary N) is 1. The first-order valence-corrected chi connectivity index (χ1v) is 7.81. The summed E-state index contributed by atoms with van der Waals surface area (Å²) in [5, 5.41) is 5.69. The lowest BCUT2D eigenvalue weighted by molar-refractivity contribution is 0.512. The Balaban J connectivity index is 2.01. The van der Waals surface area contributed by atoms with Crippen LogP contribution in [0.4, 0.5) is 0 Å². The molecule has 0 fully saturated rings. The van der Waals surface area contributed by atoms with Crippen molar-refractivity contribution in [3.8, 4) is 0 Å². The molecule has 98 valence electrons. The van der Waals surface area contributed by atoms with E-state index in [1.165, 1.54) is 9.35 Å². The predicted molar refractivity (Wildman–Crippen MR) is 80.0 cm³/mol. The molecule has 0 aliphatic rings. The molecule has 0 spiro atoms. The van der Waals surface area contributed by atoms with Gasteiger partial charge in [0.25, 0.3) is 0 Å². The first kappa shape index (κ1) is 13.8. The molecule has 2 aromatic rings. The molecule has 0 saturated heterocycles. The van der Waals surface area contributed by atoms with E-state index in [0.29, 0.717) is 6.04 Å². The van der Waals surface area contributed by atoms with Gasteiger partial charge in [-0.2, -0.15) is 0 Å². The van der Waals surface area contributed by atoms with E-state index >= 15 is 0 Å². The summed E-state index contributed by atoms with van der Waals surface area (Å²) in [5.41, 5.74) is 0. The molecule has 0 saturated carbocycles. The van der Waals surface area contributed by atoms with Crippen molar-refractivity contribution in [1.29, 1.82) is 0 Å². The van der Waals surface area contributed by atoms with Crippen LogP contribution in [0.1, 0.15) is 30.1 Å². The maximum absolute atomic E-state index is 4.38. The van der Waals surface area contributed by atoms with Gasteiger partial charge in [-0.15, -0.1) is 11.3 Å². The molecule has 0 aliphatic heterocycles. The number of hydrogen-bond donors (Lipinski definition) is 1. The van der Waals surface area contributed by atoms with Crippen molar-refractivity contribution in [2.45, 2.75) is 25.8 Å². The van der Waals surface area contributed by atoms with Crippen LogP contribution in [0.2, 0.25) is 0 Å². The fourth-order valence-electron chi connectivity index (χ4n) is 2.01. The summed E-state index contributed by atoms with van der Waals surface area (Å²) in [5.74, 6) is 1.15.